The first kappa shape index (κ1) is 10.3. The second kappa shape index (κ2) is 7.38. The maximum Gasteiger partial charge on any atom is 0.0105 e. The molecule has 0 aliphatic carbocycles. The Hall–Kier alpha value is 0.270. The fourth-order valence-electron chi connectivity index (χ4n) is 0.976. The highest BCUT2D eigenvalue weighted by molar-refractivity contribution is 7.80. The van der Waals surface area contributed by atoms with Gasteiger partial charge in [0, 0.05) is 25.4 Å². The summed E-state index contributed by atoms with van der Waals surface area (Å²) in [6.45, 7) is 6.16. The summed E-state index contributed by atoms with van der Waals surface area (Å²) in [6.07, 6.45) is 1.20. The minimum absolute atomic E-state index is 0.758. The predicted octanol–water partition coefficient (Wildman–Crippen LogP) is 0.587. The molecule has 0 aromatic heterocycles. The molecule has 0 heterocycles. The topological polar surface area (TPSA) is 29.3 Å². The third-order valence-electron chi connectivity index (χ3n) is 1.40. The maximum atomic E-state index is 5.42. The summed E-state index contributed by atoms with van der Waals surface area (Å²) in [6, 6.07) is 0. The monoisotopic (exact) mass is 162 g/mol. The van der Waals surface area contributed by atoms with Crippen molar-refractivity contribution in [2.24, 2.45) is 5.73 Å². The number of nitrogens with two attached hydrogens (primary N) is 1. The van der Waals surface area contributed by atoms with Gasteiger partial charge in [0.25, 0.3) is 0 Å². The van der Waals surface area contributed by atoms with E-state index in [1.165, 1.54) is 6.42 Å². The quantitative estimate of drug-likeness (QED) is 0.560. The predicted molar refractivity (Wildman–Crippen MR) is 49.6 cm³/mol. The Labute approximate surface area is 69.2 Å². The van der Waals surface area contributed by atoms with Gasteiger partial charge >= 0.3 is 0 Å². The Morgan fingerprint density at radius 1 is 1.30 bits per heavy atom. The van der Waals surface area contributed by atoms with Crippen molar-refractivity contribution >= 4 is 12.6 Å². The van der Waals surface area contributed by atoms with Crippen LogP contribution in [-0.2, 0) is 0 Å². The molecule has 0 rings (SSSR count). The van der Waals surface area contributed by atoms with Gasteiger partial charge in [0.2, 0.25) is 0 Å². The fourth-order valence-corrected chi connectivity index (χ4v) is 1.26. The Balaban J connectivity index is 3.30. The Bertz CT molecular complexity index is 54.4. The van der Waals surface area contributed by atoms with Crippen LogP contribution in [0.25, 0.3) is 0 Å². The highest BCUT2D eigenvalue weighted by Crippen LogP contribution is 1.90. The summed E-state index contributed by atoms with van der Waals surface area (Å²) < 4.78 is 0. The summed E-state index contributed by atoms with van der Waals surface area (Å²) in [5.41, 5.74) is 5.42. The first-order chi connectivity index (χ1) is 4.85. The maximum absolute atomic E-state index is 5.42. The van der Waals surface area contributed by atoms with Crippen LogP contribution >= 0.6 is 12.6 Å². The van der Waals surface area contributed by atoms with Crippen molar-refractivity contribution in [3.63, 3.8) is 0 Å². The van der Waals surface area contributed by atoms with Gasteiger partial charge in [-0.15, -0.1) is 0 Å². The first-order valence-corrected chi connectivity index (χ1v) is 4.51. The van der Waals surface area contributed by atoms with Crippen LogP contribution in [0.3, 0.4) is 0 Å². The molecule has 0 aromatic rings. The van der Waals surface area contributed by atoms with Gasteiger partial charge in [-0.05, 0) is 13.0 Å². The molecule has 0 saturated carbocycles. The van der Waals surface area contributed by atoms with Crippen LogP contribution in [0.1, 0.15) is 13.3 Å². The van der Waals surface area contributed by atoms with Gasteiger partial charge in [-0.2, -0.15) is 12.6 Å². The van der Waals surface area contributed by atoms with E-state index in [0.717, 1.165) is 31.9 Å². The minimum Gasteiger partial charge on any atom is -0.329 e. The summed E-state index contributed by atoms with van der Waals surface area (Å²) in [4.78, 5) is 2.34. The van der Waals surface area contributed by atoms with E-state index >= 15 is 0 Å². The molecular formula is C7H18N2S. The zero-order valence-corrected chi connectivity index (χ0v) is 7.61. The van der Waals surface area contributed by atoms with E-state index < -0.39 is 0 Å². The van der Waals surface area contributed by atoms with Crippen LogP contribution < -0.4 is 5.73 Å². The summed E-state index contributed by atoms with van der Waals surface area (Å²) in [7, 11) is 0. The van der Waals surface area contributed by atoms with Crippen molar-refractivity contribution in [2.75, 3.05) is 31.9 Å². The molecule has 0 unspecified atom stereocenters. The molecule has 0 atom stereocenters. The molecule has 0 radical (unpaired) electrons. The lowest BCUT2D eigenvalue weighted by Crippen LogP contribution is -2.31. The van der Waals surface area contributed by atoms with Crippen molar-refractivity contribution in [3.8, 4) is 0 Å². The summed E-state index contributed by atoms with van der Waals surface area (Å²) in [5.74, 6) is 0.931. The number of rotatable bonds is 6. The molecule has 3 heteroatoms. The number of nitrogens with zero attached hydrogens (tertiary/aromatic N) is 1. The van der Waals surface area contributed by atoms with Gasteiger partial charge in [-0.1, -0.05) is 6.92 Å². The van der Waals surface area contributed by atoms with Crippen molar-refractivity contribution in [3.05, 3.63) is 0 Å². The molecule has 10 heavy (non-hydrogen) atoms. The lowest BCUT2D eigenvalue weighted by Gasteiger charge is -2.18. The molecule has 2 nitrogen and oxygen atoms in total. The molecule has 0 bridgehead atoms. The molecule has 0 amide bonds. The van der Waals surface area contributed by atoms with Gasteiger partial charge in [-0.25, -0.2) is 0 Å². The van der Waals surface area contributed by atoms with Crippen LogP contribution in [0.15, 0.2) is 0 Å². The molecule has 2 N–H and O–H groups in total. The van der Waals surface area contributed by atoms with Crippen LogP contribution in [0.2, 0.25) is 0 Å². The third kappa shape index (κ3) is 5.09. The minimum atomic E-state index is 0.758. The zero-order valence-electron chi connectivity index (χ0n) is 6.71. The van der Waals surface area contributed by atoms with Gasteiger partial charge in [0.05, 0.1) is 0 Å². The average Bonchev–Trinajstić information content (AvgIpc) is 1.90. The van der Waals surface area contributed by atoms with Crippen LogP contribution in [0.5, 0.6) is 0 Å². The number of thiol groups is 1. The van der Waals surface area contributed by atoms with E-state index in [4.69, 9.17) is 5.73 Å². The molecule has 0 aliphatic heterocycles. The van der Waals surface area contributed by atoms with Gasteiger partial charge in [-0.3, -0.25) is 0 Å². The van der Waals surface area contributed by atoms with Gasteiger partial charge in [0.1, 0.15) is 0 Å². The second-order valence-electron chi connectivity index (χ2n) is 2.35. The highest BCUT2D eigenvalue weighted by Gasteiger charge is 1.98. The smallest absolute Gasteiger partial charge is 0.0105 e. The van der Waals surface area contributed by atoms with Crippen LogP contribution in [-0.4, -0.2) is 36.8 Å². The van der Waals surface area contributed by atoms with E-state index in [-0.39, 0.29) is 0 Å². The van der Waals surface area contributed by atoms with Gasteiger partial charge in [0.15, 0.2) is 0 Å². The Morgan fingerprint density at radius 3 is 2.40 bits per heavy atom. The highest BCUT2D eigenvalue weighted by atomic mass is 32.1. The Morgan fingerprint density at radius 2 is 2.00 bits per heavy atom. The third-order valence-corrected chi connectivity index (χ3v) is 1.60. The number of hydrogen-bond donors (Lipinski definition) is 2. The number of hydrogen-bond acceptors (Lipinski definition) is 3. The van der Waals surface area contributed by atoms with E-state index in [2.05, 4.69) is 24.5 Å². The lowest BCUT2D eigenvalue weighted by atomic mass is 10.4. The van der Waals surface area contributed by atoms with Crippen molar-refractivity contribution < 1.29 is 0 Å². The summed E-state index contributed by atoms with van der Waals surface area (Å²) in [5, 5.41) is 0. The molecular weight excluding hydrogens is 144 g/mol. The lowest BCUT2D eigenvalue weighted by molar-refractivity contribution is 0.299. The normalized spacial score (nSPS) is 10.8. The molecule has 0 aliphatic rings. The molecule has 62 valence electrons. The second-order valence-corrected chi connectivity index (χ2v) is 2.80. The van der Waals surface area contributed by atoms with E-state index in [1.807, 2.05) is 0 Å². The van der Waals surface area contributed by atoms with Gasteiger partial charge < -0.3 is 10.6 Å². The first-order valence-electron chi connectivity index (χ1n) is 3.88. The molecule has 0 saturated heterocycles. The van der Waals surface area contributed by atoms with Crippen molar-refractivity contribution in [2.45, 2.75) is 13.3 Å². The SMILES string of the molecule is CCCN(CCN)CCS. The summed E-state index contributed by atoms with van der Waals surface area (Å²) >= 11 is 4.16. The van der Waals surface area contributed by atoms with E-state index in [1.54, 1.807) is 0 Å². The molecule has 0 spiro atoms. The van der Waals surface area contributed by atoms with Crippen molar-refractivity contribution in [1.29, 1.82) is 0 Å². The largest absolute Gasteiger partial charge is 0.329 e. The molecule has 0 fully saturated rings. The van der Waals surface area contributed by atoms with Crippen LogP contribution in [0.4, 0.5) is 0 Å². The van der Waals surface area contributed by atoms with Crippen LogP contribution in [0, 0.1) is 0 Å². The van der Waals surface area contributed by atoms with E-state index in [0.29, 0.717) is 0 Å². The average molecular weight is 162 g/mol. The fraction of sp³-hybridized carbons (Fsp3) is 1.00. The molecule has 0 aromatic carbocycles. The van der Waals surface area contributed by atoms with E-state index in [9.17, 15) is 0 Å². The zero-order chi connectivity index (χ0) is 7.82. The standard InChI is InChI=1S/C7H18N2S/c1-2-4-9(5-3-8)6-7-10/h10H,2-8H2,1H3. The van der Waals surface area contributed by atoms with Crippen molar-refractivity contribution in [1.82, 2.24) is 4.90 Å². The Kier molecular flexibility index (Phi) is 7.58.